The number of hydrogen-bond donors (Lipinski definition) is 1. The molecule has 0 radical (unpaired) electrons. The summed E-state index contributed by atoms with van der Waals surface area (Å²) in [5.74, 6) is -2.84. The fourth-order valence-electron chi connectivity index (χ4n) is 1.63. The highest BCUT2D eigenvalue weighted by molar-refractivity contribution is 7.89. The molecule has 6 nitrogen and oxygen atoms in total. The maximum Gasteiger partial charge on any atom is 0.246 e. The second-order valence-corrected chi connectivity index (χ2v) is 6.03. The number of benzene rings is 1. The van der Waals surface area contributed by atoms with Crippen molar-refractivity contribution in [3.63, 3.8) is 0 Å². The number of nitrogens with zero attached hydrogens (tertiary/aromatic N) is 2. The lowest BCUT2D eigenvalue weighted by Gasteiger charge is -2.21. The van der Waals surface area contributed by atoms with Crippen LogP contribution in [0, 0.1) is 23.0 Å². The third-order valence-corrected chi connectivity index (χ3v) is 4.55. The van der Waals surface area contributed by atoms with Crippen molar-refractivity contribution in [3.8, 4) is 6.07 Å². The van der Waals surface area contributed by atoms with Crippen molar-refractivity contribution >= 4 is 15.7 Å². The minimum absolute atomic E-state index is 0.0527. The molecule has 0 spiro atoms. The monoisotopic (exact) mass is 319 g/mol. The zero-order valence-electron chi connectivity index (χ0n) is 11.3. The Labute approximate surface area is 121 Å². The van der Waals surface area contributed by atoms with Gasteiger partial charge in [0, 0.05) is 32.3 Å². The molecule has 0 amide bonds. The van der Waals surface area contributed by atoms with Crippen LogP contribution in [0.4, 0.5) is 14.5 Å². The lowest BCUT2D eigenvalue weighted by Crippen LogP contribution is -2.35. The molecule has 0 aromatic heterocycles. The molecule has 116 valence electrons. The van der Waals surface area contributed by atoms with E-state index in [1.54, 1.807) is 6.07 Å². The average Bonchev–Trinajstić information content (AvgIpc) is 2.42. The zero-order chi connectivity index (χ0) is 16.0. The Morgan fingerprint density at radius 3 is 2.62 bits per heavy atom. The first-order valence-corrected chi connectivity index (χ1v) is 7.39. The van der Waals surface area contributed by atoms with Crippen molar-refractivity contribution in [1.82, 2.24) is 4.31 Å². The quantitative estimate of drug-likeness (QED) is 0.759. The smallest absolute Gasteiger partial charge is 0.246 e. The van der Waals surface area contributed by atoms with Gasteiger partial charge in [0.1, 0.15) is 4.90 Å². The summed E-state index contributed by atoms with van der Waals surface area (Å²) in [6.45, 7) is -0.189. The molecular weight excluding hydrogens is 304 g/mol. The van der Waals surface area contributed by atoms with Crippen molar-refractivity contribution in [1.29, 1.82) is 5.26 Å². The molecule has 0 aliphatic carbocycles. The van der Waals surface area contributed by atoms with Crippen molar-refractivity contribution in [2.45, 2.75) is 11.3 Å². The zero-order valence-corrected chi connectivity index (χ0v) is 12.2. The number of hydrogen-bond acceptors (Lipinski definition) is 5. The van der Waals surface area contributed by atoms with E-state index >= 15 is 0 Å². The first-order valence-electron chi connectivity index (χ1n) is 5.95. The van der Waals surface area contributed by atoms with Gasteiger partial charge in [0.15, 0.2) is 11.6 Å². The van der Waals surface area contributed by atoms with Crippen LogP contribution in [-0.2, 0) is 14.8 Å². The summed E-state index contributed by atoms with van der Waals surface area (Å²) in [6.07, 6.45) is -0.0879. The number of rotatable bonds is 7. The maximum atomic E-state index is 13.7. The third-order valence-electron chi connectivity index (χ3n) is 2.65. The Morgan fingerprint density at radius 2 is 2.05 bits per heavy atom. The Kier molecular flexibility index (Phi) is 6.02. The fraction of sp³-hybridized carbons (Fsp3) is 0.417. The second kappa shape index (κ2) is 7.31. The Morgan fingerprint density at radius 1 is 1.38 bits per heavy atom. The lowest BCUT2D eigenvalue weighted by atomic mass is 10.3. The van der Waals surface area contributed by atoms with Crippen LogP contribution in [0.5, 0.6) is 0 Å². The molecule has 9 heteroatoms. The first-order chi connectivity index (χ1) is 9.84. The molecule has 0 fully saturated rings. The molecule has 0 aliphatic rings. The van der Waals surface area contributed by atoms with Crippen LogP contribution in [0.25, 0.3) is 0 Å². The van der Waals surface area contributed by atoms with Crippen LogP contribution in [0.1, 0.15) is 6.42 Å². The topological polar surface area (TPSA) is 96.4 Å². The standard InChI is InChI=1S/C12H15F2N3O3S/c1-20-6-5-17(4-2-3-15)21(18,19)11-8-9(16)7-10(13)12(11)14/h7-8H,2,4-6,16H2,1H3. The van der Waals surface area contributed by atoms with Crippen LogP contribution < -0.4 is 5.73 Å². The van der Waals surface area contributed by atoms with Gasteiger partial charge in [0.05, 0.1) is 12.7 Å². The number of ether oxygens (including phenoxy) is 1. The first kappa shape index (κ1) is 17.3. The molecule has 1 aromatic rings. The summed E-state index contributed by atoms with van der Waals surface area (Å²) in [5, 5.41) is 8.56. The molecule has 0 bridgehead atoms. The number of methoxy groups -OCH3 is 1. The lowest BCUT2D eigenvalue weighted by molar-refractivity contribution is 0.179. The summed E-state index contributed by atoms with van der Waals surface area (Å²) < 4.78 is 57.4. The highest BCUT2D eigenvalue weighted by Gasteiger charge is 2.29. The minimum atomic E-state index is -4.31. The molecule has 2 N–H and O–H groups in total. The van der Waals surface area contributed by atoms with Crippen LogP contribution in [-0.4, -0.2) is 39.5 Å². The molecule has 1 aromatic carbocycles. The van der Waals surface area contributed by atoms with E-state index in [-0.39, 0.29) is 31.8 Å². The molecule has 0 saturated heterocycles. The van der Waals surface area contributed by atoms with E-state index in [0.717, 1.165) is 10.4 Å². The maximum absolute atomic E-state index is 13.7. The normalized spacial score (nSPS) is 11.6. The van der Waals surface area contributed by atoms with Gasteiger partial charge in [0.25, 0.3) is 0 Å². The number of nitrogen functional groups attached to an aromatic ring is 1. The Bertz CT molecular complexity index is 644. The van der Waals surface area contributed by atoms with Gasteiger partial charge in [-0.3, -0.25) is 0 Å². The molecule has 0 aliphatic heterocycles. The van der Waals surface area contributed by atoms with Crippen LogP contribution in [0.2, 0.25) is 0 Å². The summed E-state index contributed by atoms with van der Waals surface area (Å²) in [5.41, 5.74) is 5.15. The summed E-state index contributed by atoms with van der Waals surface area (Å²) in [7, 11) is -2.94. The van der Waals surface area contributed by atoms with Crippen LogP contribution in [0.3, 0.4) is 0 Å². The summed E-state index contributed by atoms with van der Waals surface area (Å²) in [4.78, 5) is -0.853. The summed E-state index contributed by atoms with van der Waals surface area (Å²) >= 11 is 0. The van der Waals surface area contributed by atoms with Gasteiger partial charge in [-0.25, -0.2) is 17.2 Å². The number of halogens is 2. The van der Waals surface area contributed by atoms with E-state index in [1.165, 1.54) is 7.11 Å². The Balaban J connectivity index is 3.25. The van der Waals surface area contributed by atoms with Gasteiger partial charge in [0.2, 0.25) is 10.0 Å². The van der Waals surface area contributed by atoms with E-state index in [4.69, 9.17) is 15.7 Å². The van der Waals surface area contributed by atoms with Gasteiger partial charge in [-0.1, -0.05) is 0 Å². The van der Waals surface area contributed by atoms with Crippen molar-refractivity contribution in [2.75, 3.05) is 32.5 Å². The van der Waals surface area contributed by atoms with Gasteiger partial charge in [-0.15, -0.1) is 0 Å². The molecule has 0 saturated carbocycles. The third kappa shape index (κ3) is 4.10. The van der Waals surface area contributed by atoms with E-state index in [0.29, 0.717) is 6.07 Å². The predicted octanol–water partition coefficient (Wildman–Crippen LogP) is 1.10. The van der Waals surface area contributed by atoms with Gasteiger partial charge >= 0.3 is 0 Å². The SMILES string of the molecule is COCCN(CCC#N)S(=O)(=O)c1cc(N)cc(F)c1F. The van der Waals surface area contributed by atoms with Crippen LogP contribution >= 0.6 is 0 Å². The number of anilines is 1. The number of nitrogens with two attached hydrogens (primary N) is 1. The van der Waals surface area contributed by atoms with E-state index in [2.05, 4.69) is 0 Å². The fourth-order valence-corrected chi connectivity index (χ4v) is 3.16. The number of sulfonamides is 1. The molecule has 21 heavy (non-hydrogen) atoms. The van der Waals surface area contributed by atoms with Crippen molar-refractivity contribution in [2.24, 2.45) is 0 Å². The molecule has 0 heterocycles. The summed E-state index contributed by atoms with van der Waals surface area (Å²) in [6, 6.07) is 3.34. The van der Waals surface area contributed by atoms with Crippen molar-refractivity contribution in [3.05, 3.63) is 23.8 Å². The van der Waals surface area contributed by atoms with Gasteiger partial charge < -0.3 is 10.5 Å². The van der Waals surface area contributed by atoms with E-state index < -0.39 is 26.6 Å². The predicted molar refractivity (Wildman–Crippen MR) is 71.6 cm³/mol. The van der Waals surface area contributed by atoms with E-state index in [9.17, 15) is 17.2 Å². The molecule has 1 rings (SSSR count). The average molecular weight is 319 g/mol. The Hall–Kier alpha value is -1.76. The highest BCUT2D eigenvalue weighted by Crippen LogP contribution is 2.24. The number of nitriles is 1. The second-order valence-electron chi connectivity index (χ2n) is 4.12. The largest absolute Gasteiger partial charge is 0.399 e. The molecular formula is C12H15F2N3O3S. The van der Waals surface area contributed by atoms with Gasteiger partial charge in [-0.05, 0) is 12.1 Å². The molecule has 0 unspecified atom stereocenters. The minimum Gasteiger partial charge on any atom is -0.399 e. The molecule has 0 atom stereocenters. The van der Waals surface area contributed by atoms with Gasteiger partial charge in [-0.2, -0.15) is 9.57 Å². The van der Waals surface area contributed by atoms with Crippen molar-refractivity contribution < 1.29 is 21.9 Å². The highest BCUT2D eigenvalue weighted by atomic mass is 32.2. The van der Waals surface area contributed by atoms with Crippen LogP contribution in [0.15, 0.2) is 17.0 Å². The van der Waals surface area contributed by atoms with E-state index in [1.807, 2.05) is 0 Å².